The molecule has 8 atom stereocenters. The fraction of sp³-hybridized carbons (Fsp3) is 0.438. The van der Waals surface area contributed by atoms with Crippen molar-refractivity contribution in [2.75, 3.05) is 12.3 Å². The monoisotopic (exact) mass is 714 g/mol. The molecule has 2 saturated heterocycles. The molecule has 46 heavy (non-hydrogen) atoms. The molecular formula is C16H13N8O19P3-4. The number of anilines is 1. The Labute approximate surface area is 251 Å². The largest absolute Gasteiger partial charge is 0.790 e. The summed E-state index contributed by atoms with van der Waals surface area (Å²) < 4.78 is 63.6. The Kier molecular flexibility index (Phi) is 8.44. The molecule has 0 bridgehead atoms. The lowest BCUT2D eigenvalue weighted by atomic mass is 9.96. The first-order chi connectivity index (χ1) is 21.2. The Bertz CT molecular complexity index is 1840. The first-order valence-electron chi connectivity index (χ1n) is 11.8. The van der Waals surface area contributed by atoms with Gasteiger partial charge in [-0.05, 0) is 0 Å². The van der Waals surface area contributed by atoms with Crippen LogP contribution in [0.25, 0.3) is 11.2 Å². The van der Waals surface area contributed by atoms with E-state index < -0.39 is 92.6 Å². The molecule has 250 valence electrons. The van der Waals surface area contributed by atoms with Crippen LogP contribution in [0.4, 0.5) is 5.82 Å². The number of hydrogen-bond acceptors (Lipinski definition) is 23. The third-order valence-corrected chi connectivity index (χ3v) is 10.0. The molecule has 4 heterocycles. The lowest BCUT2D eigenvalue weighted by Gasteiger charge is -2.37. The van der Waals surface area contributed by atoms with Gasteiger partial charge in [0.2, 0.25) is 0 Å². The van der Waals surface area contributed by atoms with Crippen molar-refractivity contribution >= 4 is 40.4 Å². The molecule has 27 nitrogen and oxygen atoms in total. The van der Waals surface area contributed by atoms with Crippen LogP contribution in [0.5, 0.6) is 0 Å². The van der Waals surface area contributed by atoms with E-state index in [1.165, 1.54) is 0 Å². The summed E-state index contributed by atoms with van der Waals surface area (Å²) in [6.45, 7) is -1.31. The smallest absolute Gasteiger partial charge is 0.337 e. The number of fused-ring (bicyclic) bond motifs is 2. The number of nitrogens with two attached hydrogens (primary N) is 1. The molecule has 1 spiro atoms. The van der Waals surface area contributed by atoms with Gasteiger partial charge in [-0.3, -0.25) is 48.4 Å². The highest BCUT2D eigenvalue weighted by atomic mass is 31.3. The number of ether oxygens (including phenoxy) is 3. The van der Waals surface area contributed by atoms with E-state index in [4.69, 9.17) is 19.9 Å². The minimum atomic E-state index is -6.38. The summed E-state index contributed by atoms with van der Waals surface area (Å²) >= 11 is 0. The minimum Gasteiger partial charge on any atom is -0.790 e. The van der Waals surface area contributed by atoms with Gasteiger partial charge in [0.15, 0.2) is 17.7 Å². The molecular weight excluding hydrogens is 701 g/mol. The summed E-state index contributed by atoms with van der Waals surface area (Å²) in [5, 5.41) is 35.5. The van der Waals surface area contributed by atoms with Crippen LogP contribution in [0, 0.1) is 30.3 Å². The van der Waals surface area contributed by atoms with Gasteiger partial charge in [0, 0.05) is 4.92 Å². The third kappa shape index (κ3) is 6.32. The number of phosphoric acid groups is 3. The van der Waals surface area contributed by atoms with Crippen molar-refractivity contribution < 1.29 is 75.4 Å². The zero-order valence-electron chi connectivity index (χ0n) is 21.7. The average molecular weight is 714 g/mol. The summed E-state index contributed by atoms with van der Waals surface area (Å²) in [7, 11) is -18.8. The SMILES string of the molecule is Nc1ncnc2c1ncn2[C@@H]1O[C@H](COP(=O)([O-])OP(=O)([O-])OP(=O)([O-])[O-])[C@H]2O[C@@]3(O[C@H]21)C([N+](=O)[O-])=CC([N+](=O)[O-])=CC3[N+](=O)[O-]. The summed E-state index contributed by atoms with van der Waals surface area (Å²) in [5.74, 6) is -3.14. The van der Waals surface area contributed by atoms with Crippen molar-refractivity contribution in [1.29, 1.82) is 0 Å². The Morgan fingerprint density at radius 3 is 2.24 bits per heavy atom. The van der Waals surface area contributed by atoms with Crippen LogP contribution in [0.2, 0.25) is 0 Å². The Hall–Kier alpha value is -3.68. The number of allylic oxidation sites excluding steroid dienone is 1. The lowest BCUT2D eigenvalue weighted by Crippen LogP contribution is -2.53. The van der Waals surface area contributed by atoms with Crippen molar-refractivity contribution in [3.8, 4) is 0 Å². The van der Waals surface area contributed by atoms with Crippen molar-refractivity contribution in [2.24, 2.45) is 0 Å². The highest BCUT2D eigenvalue weighted by molar-refractivity contribution is 7.64. The van der Waals surface area contributed by atoms with Crippen LogP contribution in [-0.2, 0) is 41.1 Å². The summed E-state index contributed by atoms with van der Waals surface area (Å²) in [6, 6.07) is -2.45. The van der Waals surface area contributed by atoms with Gasteiger partial charge in [-0.25, -0.2) is 19.3 Å². The van der Waals surface area contributed by atoms with Gasteiger partial charge in [-0.2, -0.15) is 0 Å². The first-order valence-corrected chi connectivity index (χ1v) is 16.1. The van der Waals surface area contributed by atoms with E-state index in [0.29, 0.717) is 12.2 Å². The second-order valence-electron chi connectivity index (χ2n) is 9.15. The van der Waals surface area contributed by atoms with Crippen LogP contribution >= 0.6 is 23.5 Å². The van der Waals surface area contributed by atoms with Crippen molar-refractivity contribution in [3.63, 3.8) is 0 Å². The summed E-state index contributed by atoms with van der Waals surface area (Å²) in [4.78, 5) is 88.6. The van der Waals surface area contributed by atoms with Crippen molar-refractivity contribution in [3.05, 3.63) is 66.5 Å². The second kappa shape index (κ2) is 11.5. The van der Waals surface area contributed by atoms with Gasteiger partial charge in [-0.1, -0.05) is 0 Å². The van der Waals surface area contributed by atoms with Crippen LogP contribution in [0.15, 0.2) is 36.2 Å². The highest BCUT2D eigenvalue weighted by Crippen LogP contribution is 2.61. The number of phosphoric ester groups is 1. The Morgan fingerprint density at radius 1 is 0.957 bits per heavy atom. The zero-order valence-corrected chi connectivity index (χ0v) is 24.4. The molecule has 2 aliphatic heterocycles. The topological polar surface area (TPSA) is 398 Å². The summed E-state index contributed by atoms with van der Waals surface area (Å²) in [5.41, 5.74) is 3.33. The minimum absolute atomic E-state index is 0.0149. The van der Waals surface area contributed by atoms with Crippen LogP contribution < -0.4 is 25.3 Å². The number of imidazole rings is 1. The first kappa shape index (κ1) is 33.7. The quantitative estimate of drug-likeness (QED) is 0.134. The van der Waals surface area contributed by atoms with Gasteiger partial charge in [-0.15, -0.1) is 0 Å². The van der Waals surface area contributed by atoms with E-state index in [1.54, 1.807) is 0 Å². The third-order valence-electron chi connectivity index (χ3n) is 6.36. The standard InChI is InChI=1S/C16H17N8O19P3/c17-13-10-14(19-4-18-13)21(5-20-10)15-12-11(7(39-15)3-38-45(34,35)43-46(36,37)42-44(31,32)33)40-16(41-12)8(23(27)28)1-6(22(25)26)2-9(16)24(29)30/h1-2,4-5,7-8,11-12,15H,3H2,(H,34,35)(H,36,37)(H2,17,18,19)(H2,31,32,33)/p-4/t7-,8?,11-,12-,15-,16+/m1/s1. The predicted octanol–water partition coefficient (Wildman–Crippen LogP) is -3.42. The van der Waals surface area contributed by atoms with E-state index in [9.17, 15) is 63.6 Å². The van der Waals surface area contributed by atoms with Gasteiger partial charge in [0.25, 0.3) is 21.3 Å². The molecule has 2 N–H and O–H groups in total. The fourth-order valence-electron chi connectivity index (χ4n) is 4.74. The molecule has 5 rings (SSSR count). The zero-order chi connectivity index (χ0) is 34.0. The maximum atomic E-state index is 12.2. The van der Waals surface area contributed by atoms with E-state index in [0.717, 1.165) is 17.2 Å². The van der Waals surface area contributed by atoms with Crippen molar-refractivity contribution in [1.82, 2.24) is 19.5 Å². The fourth-order valence-corrected chi connectivity index (χ4v) is 7.60. The molecule has 2 aromatic heterocycles. The Balaban J connectivity index is 1.53. The molecule has 0 radical (unpaired) electrons. The number of rotatable bonds is 11. The molecule has 2 fully saturated rings. The molecule has 0 amide bonds. The molecule has 0 saturated carbocycles. The Morgan fingerprint density at radius 2 is 1.63 bits per heavy atom. The lowest BCUT2D eigenvalue weighted by molar-refractivity contribution is -0.569. The second-order valence-corrected chi connectivity index (χ2v) is 13.4. The normalized spacial score (nSPS) is 30.3. The van der Waals surface area contributed by atoms with Crippen LogP contribution in [0.1, 0.15) is 6.23 Å². The number of aromatic nitrogens is 4. The van der Waals surface area contributed by atoms with E-state index >= 15 is 0 Å². The van der Waals surface area contributed by atoms with E-state index in [2.05, 4.69) is 28.1 Å². The van der Waals surface area contributed by atoms with Crippen molar-refractivity contribution in [2.45, 2.75) is 36.4 Å². The van der Waals surface area contributed by atoms with Gasteiger partial charge < -0.3 is 48.6 Å². The van der Waals surface area contributed by atoms with Crippen LogP contribution in [0.3, 0.4) is 0 Å². The average Bonchev–Trinajstić information content (AvgIpc) is 3.58. The highest BCUT2D eigenvalue weighted by Gasteiger charge is 2.71. The van der Waals surface area contributed by atoms with Gasteiger partial charge in [0.05, 0.1) is 42.8 Å². The number of hydrogen-bond donors (Lipinski definition) is 1. The molecule has 0 aromatic carbocycles. The molecule has 3 unspecified atom stereocenters. The van der Waals surface area contributed by atoms with E-state index in [-0.39, 0.29) is 17.0 Å². The molecule has 30 heteroatoms. The predicted molar refractivity (Wildman–Crippen MR) is 128 cm³/mol. The van der Waals surface area contributed by atoms with Gasteiger partial charge >= 0.3 is 17.5 Å². The maximum absolute atomic E-state index is 12.2. The summed E-state index contributed by atoms with van der Waals surface area (Å²) in [6.07, 6.45) is -4.09. The molecule has 3 aliphatic rings. The number of nitro groups is 3. The van der Waals surface area contributed by atoms with Crippen LogP contribution in [-0.4, -0.2) is 71.0 Å². The molecule has 1 aliphatic carbocycles. The van der Waals surface area contributed by atoms with E-state index in [1.807, 2.05) is 0 Å². The number of nitrogens with zero attached hydrogens (tertiary/aromatic N) is 7. The maximum Gasteiger partial charge on any atom is 0.337 e. The number of nitrogen functional groups attached to an aromatic ring is 1. The molecule has 2 aromatic rings. The van der Waals surface area contributed by atoms with Gasteiger partial charge in [0.1, 0.15) is 30.2 Å².